The lowest BCUT2D eigenvalue weighted by atomic mass is 10.4. The van der Waals surface area contributed by atoms with Gasteiger partial charge in [-0.25, -0.2) is 4.98 Å². The quantitative estimate of drug-likeness (QED) is 0.558. The van der Waals surface area contributed by atoms with E-state index < -0.39 is 0 Å². The number of rotatable bonds is 1. The second kappa shape index (κ2) is 3.14. The minimum Gasteiger partial charge on any atom is -0.481 e. The molecule has 54 valence electrons. The van der Waals surface area contributed by atoms with Crippen LogP contribution in [0.4, 0.5) is 0 Å². The lowest BCUT2D eigenvalue weighted by molar-refractivity contribution is 0.395. The van der Waals surface area contributed by atoms with Crippen LogP contribution < -0.4 is 4.74 Å². The summed E-state index contributed by atoms with van der Waals surface area (Å²) in [7, 11) is 1.60. The van der Waals surface area contributed by atoms with Crippen molar-refractivity contribution in [1.29, 1.82) is 0 Å². The number of nitrogens with zero attached hydrogens (tertiary/aromatic N) is 2. The lowest BCUT2D eigenvalue weighted by Gasteiger charge is -1.98. The van der Waals surface area contributed by atoms with Crippen LogP contribution in [0.15, 0.2) is 6.07 Å². The van der Waals surface area contributed by atoms with Gasteiger partial charge >= 0.3 is 0 Å². The van der Waals surface area contributed by atoms with Gasteiger partial charge in [0.05, 0.1) is 7.11 Å². The van der Waals surface area contributed by atoms with Crippen LogP contribution in [-0.4, -0.2) is 17.1 Å². The van der Waals surface area contributed by atoms with Crippen LogP contribution in [0.25, 0.3) is 0 Å². The van der Waals surface area contributed by atoms with E-state index in [-0.39, 0.29) is 0 Å². The maximum absolute atomic E-state index is 4.92. The van der Waals surface area contributed by atoms with E-state index in [1.165, 1.54) is 0 Å². The predicted octanol–water partition coefficient (Wildman–Crippen LogP) is 1.40. The Labute approximate surface area is 73.0 Å². The van der Waals surface area contributed by atoms with Gasteiger partial charge in [-0.15, -0.1) is 0 Å². The van der Waals surface area contributed by atoms with E-state index in [0.29, 0.717) is 5.88 Å². The van der Waals surface area contributed by atoms with Crippen LogP contribution in [0.1, 0.15) is 5.69 Å². The molecular formula is C6H7IN2O. The summed E-state index contributed by atoms with van der Waals surface area (Å²) < 4.78 is 5.64. The third-order valence-corrected chi connectivity index (χ3v) is 1.49. The van der Waals surface area contributed by atoms with Gasteiger partial charge in [0.15, 0.2) is 3.83 Å². The van der Waals surface area contributed by atoms with Gasteiger partial charge in [-0.3, -0.25) is 0 Å². The topological polar surface area (TPSA) is 35.0 Å². The fraction of sp³-hybridized carbons (Fsp3) is 0.333. The predicted molar refractivity (Wildman–Crippen MR) is 46.0 cm³/mol. The lowest BCUT2D eigenvalue weighted by Crippen LogP contribution is -1.94. The summed E-state index contributed by atoms with van der Waals surface area (Å²) in [5, 5.41) is 0. The highest BCUT2D eigenvalue weighted by Crippen LogP contribution is 2.08. The summed E-state index contributed by atoms with van der Waals surface area (Å²) in [6.07, 6.45) is 0. The molecule has 0 saturated carbocycles. The number of hydrogen-bond donors (Lipinski definition) is 0. The van der Waals surface area contributed by atoms with Crippen molar-refractivity contribution >= 4 is 22.6 Å². The van der Waals surface area contributed by atoms with Crippen molar-refractivity contribution < 1.29 is 4.74 Å². The molecule has 1 aromatic heterocycles. The molecule has 1 aromatic rings. The van der Waals surface area contributed by atoms with Crippen molar-refractivity contribution in [2.45, 2.75) is 6.92 Å². The highest BCUT2D eigenvalue weighted by atomic mass is 127. The molecule has 1 heterocycles. The van der Waals surface area contributed by atoms with Crippen LogP contribution in [0.2, 0.25) is 0 Å². The van der Waals surface area contributed by atoms with Crippen molar-refractivity contribution in [3.05, 3.63) is 15.6 Å². The Hall–Kier alpha value is -0.390. The minimum absolute atomic E-state index is 0.622. The third kappa shape index (κ3) is 1.80. The third-order valence-electron chi connectivity index (χ3n) is 1.01. The normalized spacial score (nSPS) is 9.50. The van der Waals surface area contributed by atoms with E-state index in [0.717, 1.165) is 9.53 Å². The van der Waals surface area contributed by atoms with E-state index in [2.05, 4.69) is 32.6 Å². The highest BCUT2D eigenvalue weighted by molar-refractivity contribution is 14.1. The van der Waals surface area contributed by atoms with Gasteiger partial charge in [0.1, 0.15) is 0 Å². The maximum atomic E-state index is 4.92. The van der Waals surface area contributed by atoms with Gasteiger partial charge in [-0.05, 0) is 6.92 Å². The first-order valence-electron chi connectivity index (χ1n) is 2.77. The van der Waals surface area contributed by atoms with E-state index in [4.69, 9.17) is 4.74 Å². The number of hydrogen-bond acceptors (Lipinski definition) is 3. The standard InChI is InChI=1S/C6H7IN2O/c1-4-3-5(10-2)9-6(7)8-4/h3H,1-2H3. The van der Waals surface area contributed by atoms with Crippen LogP contribution >= 0.6 is 22.6 Å². The van der Waals surface area contributed by atoms with E-state index >= 15 is 0 Å². The average molecular weight is 250 g/mol. The molecule has 0 aliphatic carbocycles. The molecule has 0 spiro atoms. The maximum Gasteiger partial charge on any atom is 0.217 e. The monoisotopic (exact) mass is 250 g/mol. The first kappa shape index (κ1) is 7.71. The number of ether oxygens (including phenoxy) is 1. The number of aromatic nitrogens is 2. The van der Waals surface area contributed by atoms with Gasteiger partial charge < -0.3 is 4.74 Å². The molecule has 0 aliphatic rings. The van der Waals surface area contributed by atoms with Crippen LogP contribution in [-0.2, 0) is 0 Å². The summed E-state index contributed by atoms with van der Waals surface area (Å²) in [6.45, 7) is 1.91. The van der Waals surface area contributed by atoms with Gasteiger partial charge in [0, 0.05) is 34.4 Å². The largest absolute Gasteiger partial charge is 0.481 e. The summed E-state index contributed by atoms with van der Waals surface area (Å²) in [5.41, 5.74) is 0.927. The second-order valence-corrected chi connectivity index (χ2v) is 2.79. The Kier molecular flexibility index (Phi) is 2.42. The fourth-order valence-corrected chi connectivity index (χ4v) is 1.23. The van der Waals surface area contributed by atoms with Crippen molar-refractivity contribution in [1.82, 2.24) is 9.97 Å². The van der Waals surface area contributed by atoms with Crippen molar-refractivity contribution in [3.63, 3.8) is 0 Å². The first-order valence-corrected chi connectivity index (χ1v) is 3.85. The molecule has 0 saturated heterocycles. The summed E-state index contributed by atoms with van der Waals surface area (Å²) in [6, 6.07) is 1.79. The Morgan fingerprint density at radius 1 is 1.50 bits per heavy atom. The van der Waals surface area contributed by atoms with Crippen LogP contribution in [0.5, 0.6) is 5.88 Å². The van der Waals surface area contributed by atoms with E-state index in [9.17, 15) is 0 Å². The Balaban J connectivity index is 3.06. The van der Waals surface area contributed by atoms with E-state index in [1.54, 1.807) is 13.2 Å². The molecule has 0 N–H and O–H groups in total. The summed E-state index contributed by atoms with van der Waals surface area (Å²) in [4.78, 5) is 8.08. The molecule has 0 amide bonds. The zero-order valence-corrected chi connectivity index (χ0v) is 7.92. The molecule has 0 atom stereocenters. The van der Waals surface area contributed by atoms with Gasteiger partial charge in [0.2, 0.25) is 5.88 Å². The first-order chi connectivity index (χ1) is 4.72. The number of methoxy groups -OCH3 is 1. The molecule has 0 aromatic carbocycles. The molecule has 0 aliphatic heterocycles. The molecule has 0 fully saturated rings. The summed E-state index contributed by atoms with van der Waals surface area (Å²) >= 11 is 2.05. The molecule has 4 heteroatoms. The Morgan fingerprint density at radius 3 is 2.70 bits per heavy atom. The molecule has 1 rings (SSSR count). The van der Waals surface area contributed by atoms with Crippen LogP contribution in [0.3, 0.4) is 0 Å². The molecule has 0 bridgehead atoms. The van der Waals surface area contributed by atoms with Crippen LogP contribution in [0, 0.1) is 10.8 Å². The minimum atomic E-state index is 0.622. The number of halogens is 1. The van der Waals surface area contributed by atoms with Gasteiger partial charge in [-0.2, -0.15) is 4.98 Å². The average Bonchev–Trinajstić information content (AvgIpc) is 1.85. The summed E-state index contributed by atoms with van der Waals surface area (Å²) in [5.74, 6) is 0.622. The van der Waals surface area contributed by atoms with Gasteiger partial charge in [0.25, 0.3) is 0 Å². The fourth-order valence-electron chi connectivity index (χ4n) is 0.609. The molecule has 10 heavy (non-hydrogen) atoms. The Morgan fingerprint density at radius 2 is 2.20 bits per heavy atom. The smallest absolute Gasteiger partial charge is 0.217 e. The molecule has 0 unspecified atom stereocenters. The SMILES string of the molecule is COc1cc(C)nc(I)n1. The zero-order valence-electron chi connectivity index (χ0n) is 5.76. The van der Waals surface area contributed by atoms with Crippen molar-refractivity contribution in [2.75, 3.05) is 7.11 Å². The van der Waals surface area contributed by atoms with E-state index in [1.807, 2.05) is 6.92 Å². The molecule has 0 radical (unpaired) electrons. The molecule has 3 nitrogen and oxygen atoms in total. The number of aryl methyl sites for hydroxylation is 1. The highest BCUT2D eigenvalue weighted by Gasteiger charge is 1.96. The van der Waals surface area contributed by atoms with Gasteiger partial charge in [-0.1, -0.05) is 0 Å². The zero-order chi connectivity index (χ0) is 7.56. The van der Waals surface area contributed by atoms with Crippen molar-refractivity contribution in [3.8, 4) is 5.88 Å². The molecular weight excluding hydrogens is 243 g/mol. The van der Waals surface area contributed by atoms with Crippen molar-refractivity contribution in [2.24, 2.45) is 0 Å². The Bertz CT molecular complexity index is 219. The second-order valence-electron chi connectivity index (χ2n) is 1.82.